The predicted octanol–water partition coefficient (Wildman–Crippen LogP) is 3.04. The zero-order valence-corrected chi connectivity index (χ0v) is 13.2. The lowest BCUT2D eigenvalue weighted by molar-refractivity contribution is -0.117. The van der Waals surface area contributed by atoms with Gasteiger partial charge in [0.15, 0.2) is 0 Å². The van der Waals surface area contributed by atoms with Crippen molar-refractivity contribution in [1.82, 2.24) is 4.90 Å². The van der Waals surface area contributed by atoms with Crippen molar-refractivity contribution in [3.8, 4) is 0 Å². The molecule has 1 aromatic carbocycles. The van der Waals surface area contributed by atoms with Gasteiger partial charge in [0.25, 0.3) is 0 Å². The lowest BCUT2D eigenvalue weighted by Gasteiger charge is -2.26. The lowest BCUT2D eigenvalue weighted by Crippen LogP contribution is -2.35. The van der Waals surface area contributed by atoms with Crippen molar-refractivity contribution < 1.29 is 9.53 Å². The number of carbonyl (C=O) groups excluding carboxylic acids is 1. The second-order valence-corrected chi connectivity index (χ2v) is 6.49. The number of rotatable bonds is 5. The van der Waals surface area contributed by atoms with Crippen LogP contribution in [0.1, 0.15) is 37.7 Å². The number of benzene rings is 1. The van der Waals surface area contributed by atoms with Crippen molar-refractivity contribution in [2.45, 2.75) is 38.6 Å². The quantitative estimate of drug-likeness (QED) is 0.909. The van der Waals surface area contributed by atoms with Crippen LogP contribution in [0.5, 0.6) is 0 Å². The van der Waals surface area contributed by atoms with Crippen LogP contribution in [0.15, 0.2) is 24.3 Å². The highest BCUT2D eigenvalue weighted by molar-refractivity contribution is 5.90. The maximum atomic E-state index is 12.1. The average molecular weight is 302 g/mol. The van der Waals surface area contributed by atoms with Gasteiger partial charge in [-0.05, 0) is 36.5 Å². The van der Waals surface area contributed by atoms with E-state index in [1.165, 1.54) is 31.2 Å². The van der Waals surface area contributed by atoms with Crippen LogP contribution in [-0.4, -0.2) is 37.1 Å². The van der Waals surface area contributed by atoms with Gasteiger partial charge in [0.1, 0.15) is 0 Å². The van der Waals surface area contributed by atoms with Crippen molar-refractivity contribution in [2.24, 2.45) is 5.92 Å². The SMILES string of the molecule is O=C(CC1CCCC1)Nc1cccc(CN2CCOCC2)c1. The van der Waals surface area contributed by atoms with Gasteiger partial charge in [-0.2, -0.15) is 0 Å². The number of anilines is 1. The third kappa shape index (κ3) is 4.55. The summed E-state index contributed by atoms with van der Waals surface area (Å²) in [4.78, 5) is 14.5. The van der Waals surface area contributed by atoms with Crippen molar-refractivity contribution in [2.75, 3.05) is 31.6 Å². The predicted molar refractivity (Wildman–Crippen MR) is 87.7 cm³/mol. The summed E-state index contributed by atoms with van der Waals surface area (Å²) in [7, 11) is 0. The zero-order chi connectivity index (χ0) is 15.2. The van der Waals surface area contributed by atoms with Gasteiger partial charge in [-0.3, -0.25) is 9.69 Å². The third-order valence-electron chi connectivity index (χ3n) is 4.67. The van der Waals surface area contributed by atoms with Crippen molar-refractivity contribution in [1.29, 1.82) is 0 Å². The summed E-state index contributed by atoms with van der Waals surface area (Å²) in [5.41, 5.74) is 2.18. The number of ether oxygens (including phenoxy) is 1. The van der Waals surface area contributed by atoms with Crippen LogP contribution in [0, 0.1) is 5.92 Å². The van der Waals surface area contributed by atoms with Gasteiger partial charge in [-0.15, -0.1) is 0 Å². The molecule has 1 saturated carbocycles. The molecular weight excluding hydrogens is 276 g/mol. The first kappa shape index (κ1) is 15.5. The van der Waals surface area contributed by atoms with Gasteiger partial charge < -0.3 is 10.1 Å². The van der Waals surface area contributed by atoms with E-state index >= 15 is 0 Å². The van der Waals surface area contributed by atoms with E-state index in [0.29, 0.717) is 12.3 Å². The first-order chi connectivity index (χ1) is 10.8. The van der Waals surface area contributed by atoms with Crippen LogP contribution in [0.4, 0.5) is 5.69 Å². The molecule has 22 heavy (non-hydrogen) atoms. The number of amides is 1. The summed E-state index contributed by atoms with van der Waals surface area (Å²) in [6.45, 7) is 4.53. The summed E-state index contributed by atoms with van der Waals surface area (Å²) in [5.74, 6) is 0.756. The molecule has 2 aliphatic rings. The summed E-state index contributed by atoms with van der Waals surface area (Å²) >= 11 is 0. The van der Waals surface area contributed by atoms with E-state index < -0.39 is 0 Å². The molecule has 1 amide bonds. The van der Waals surface area contributed by atoms with Crippen LogP contribution < -0.4 is 5.32 Å². The fourth-order valence-corrected chi connectivity index (χ4v) is 3.45. The number of nitrogens with zero attached hydrogens (tertiary/aromatic N) is 1. The van der Waals surface area contributed by atoms with Crippen LogP contribution >= 0.6 is 0 Å². The van der Waals surface area contributed by atoms with E-state index in [0.717, 1.165) is 38.5 Å². The standard InChI is InChI=1S/C18H26N2O2/c21-18(13-15-4-1-2-5-15)19-17-7-3-6-16(12-17)14-20-8-10-22-11-9-20/h3,6-7,12,15H,1-2,4-5,8-11,13-14H2,(H,19,21). The topological polar surface area (TPSA) is 41.6 Å². The minimum absolute atomic E-state index is 0.162. The highest BCUT2D eigenvalue weighted by atomic mass is 16.5. The van der Waals surface area contributed by atoms with Gasteiger partial charge in [-0.1, -0.05) is 25.0 Å². The van der Waals surface area contributed by atoms with E-state index in [1.54, 1.807) is 0 Å². The first-order valence-electron chi connectivity index (χ1n) is 8.48. The number of hydrogen-bond acceptors (Lipinski definition) is 3. The largest absolute Gasteiger partial charge is 0.379 e. The molecule has 1 saturated heterocycles. The van der Waals surface area contributed by atoms with E-state index in [2.05, 4.69) is 22.3 Å². The Labute approximate surface area is 132 Å². The van der Waals surface area contributed by atoms with Crippen molar-refractivity contribution >= 4 is 11.6 Å². The molecule has 1 aromatic rings. The monoisotopic (exact) mass is 302 g/mol. The fourth-order valence-electron chi connectivity index (χ4n) is 3.45. The van der Waals surface area contributed by atoms with Gasteiger partial charge in [0.2, 0.25) is 5.91 Å². The molecule has 0 atom stereocenters. The first-order valence-corrected chi connectivity index (χ1v) is 8.48. The molecule has 1 heterocycles. The highest BCUT2D eigenvalue weighted by Gasteiger charge is 2.18. The fraction of sp³-hybridized carbons (Fsp3) is 0.611. The molecule has 0 radical (unpaired) electrons. The van der Waals surface area contributed by atoms with Crippen molar-refractivity contribution in [3.05, 3.63) is 29.8 Å². The Hall–Kier alpha value is -1.39. The normalized spacial score (nSPS) is 20.2. The lowest BCUT2D eigenvalue weighted by atomic mass is 10.0. The Morgan fingerprint density at radius 1 is 1.23 bits per heavy atom. The Kier molecular flexibility index (Phi) is 5.46. The minimum atomic E-state index is 0.162. The second kappa shape index (κ2) is 7.75. The molecule has 3 rings (SSSR count). The van der Waals surface area contributed by atoms with Crippen LogP contribution in [0.25, 0.3) is 0 Å². The number of carbonyl (C=O) groups is 1. The molecule has 4 heteroatoms. The molecular formula is C18H26N2O2. The van der Waals surface area contributed by atoms with Gasteiger partial charge in [0, 0.05) is 31.7 Å². The number of hydrogen-bond donors (Lipinski definition) is 1. The van der Waals surface area contributed by atoms with Gasteiger partial charge in [-0.25, -0.2) is 0 Å². The molecule has 1 N–H and O–H groups in total. The Morgan fingerprint density at radius 2 is 2.00 bits per heavy atom. The van der Waals surface area contributed by atoms with Gasteiger partial charge >= 0.3 is 0 Å². The summed E-state index contributed by atoms with van der Waals surface area (Å²) < 4.78 is 5.38. The Morgan fingerprint density at radius 3 is 2.77 bits per heavy atom. The van der Waals surface area contributed by atoms with Crippen LogP contribution in [-0.2, 0) is 16.1 Å². The molecule has 0 unspecified atom stereocenters. The average Bonchev–Trinajstić information content (AvgIpc) is 3.01. The molecule has 0 aromatic heterocycles. The van der Waals surface area contributed by atoms with E-state index in [4.69, 9.17) is 4.74 Å². The summed E-state index contributed by atoms with van der Waals surface area (Å²) in [6, 6.07) is 8.24. The third-order valence-corrected chi connectivity index (χ3v) is 4.67. The zero-order valence-electron chi connectivity index (χ0n) is 13.2. The minimum Gasteiger partial charge on any atom is -0.379 e. The number of morpholine rings is 1. The molecule has 1 aliphatic heterocycles. The molecule has 4 nitrogen and oxygen atoms in total. The van der Waals surface area contributed by atoms with Crippen LogP contribution in [0.2, 0.25) is 0 Å². The Balaban J connectivity index is 1.52. The molecule has 2 fully saturated rings. The maximum absolute atomic E-state index is 12.1. The second-order valence-electron chi connectivity index (χ2n) is 6.49. The molecule has 0 bridgehead atoms. The van der Waals surface area contributed by atoms with E-state index in [-0.39, 0.29) is 5.91 Å². The summed E-state index contributed by atoms with van der Waals surface area (Å²) in [6.07, 6.45) is 5.67. The summed E-state index contributed by atoms with van der Waals surface area (Å²) in [5, 5.41) is 3.06. The van der Waals surface area contributed by atoms with Crippen LogP contribution in [0.3, 0.4) is 0 Å². The molecule has 1 aliphatic carbocycles. The maximum Gasteiger partial charge on any atom is 0.224 e. The number of nitrogens with one attached hydrogen (secondary N) is 1. The van der Waals surface area contributed by atoms with E-state index in [9.17, 15) is 4.79 Å². The molecule has 0 spiro atoms. The van der Waals surface area contributed by atoms with E-state index in [1.807, 2.05) is 12.1 Å². The molecule has 120 valence electrons. The Bertz CT molecular complexity index is 492. The highest BCUT2D eigenvalue weighted by Crippen LogP contribution is 2.27. The smallest absolute Gasteiger partial charge is 0.224 e. The van der Waals surface area contributed by atoms with Gasteiger partial charge in [0.05, 0.1) is 13.2 Å². The van der Waals surface area contributed by atoms with Crippen molar-refractivity contribution in [3.63, 3.8) is 0 Å².